The van der Waals surface area contributed by atoms with Crippen molar-refractivity contribution in [2.24, 2.45) is 5.73 Å². The molecular formula is C13H26N2O5P+. The number of ether oxygens (including phenoxy) is 1. The van der Waals surface area contributed by atoms with Crippen LogP contribution in [0.25, 0.3) is 0 Å². The lowest BCUT2D eigenvalue weighted by atomic mass is 9.93. The normalized spacial score (nSPS) is 24.2. The molecule has 21 heavy (non-hydrogen) atoms. The average Bonchev–Trinajstić information content (AvgIpc) is 2.38. The maximum absolute atomic E-state index is 11.2. The van der Waals surface area contributed by atoms with Crippen molar-refractivity contribution in [1.29, 1.82) is 0 Å². The highest BCUT2D eigenvalue weighted by Crippen LogP contribution is 2.18. The van der Waals surface area contributed by atoms with Crippen LogP contribution in [0.3, 0.4) is 0 Å². The SMILES string of the molecule is CCC(CC)O[C@@H]1C=CC[C@H](N)[C@H]1NC(C)=O.O=[P+](O)O. The molecule has 5 N–H and O–H groups in total. The number of hydrogen-bond donors (Lipinski definition) is 4. The topological polar surface area (TPSA) is 122 Å². The molecule has 3 atom stereocenters. The van der Waals surface area contributed by atoms with Crippen LogP contribution in [0, 0.1) is 0 Å². The molecule has 0 bridgehead atoms. The first-order chi connectivity index (χ1) is 9.81. The summed E-state index contributed by atoms with van der Waals surface area (Å²) in [5.74, 6) is -0.0566. The number of nitrogens with two attached hydrogens (primary N) is 1. The van der Waals surface area contributed by atoms with Crippen molar-refractivity contribution >= 4 is 14.2 Å². The number of hydrogen-bond acceptors (Lipinski definition) is 4. The van der Waals surface area contributed by atoms with Crippen molar-refractivity contribution in [3.8, 4) is 0 Å². The zero-order valence-electron chi connectivity index (χ0n) is 12.7. The first-order valence-electron chi connectivity index (χ1n) is 7.01. The Morgan fingerprint density at radius 2 is 2.00 bits per heavy atom. The summed E-state index contributed by atoms with van der Waals surface area (Å²) >= 11 is 0. The van der Waals surface area contributed by atoms with Gasteiger partial charge in [0, 0.05) is 17.5 Å². The van der Waals surface area contributed by atoms with Gasteiger partial charge in [0.25, 0.3) is 0 Å². The van der Waals surface area contributed by atoms with Crippen LogP contribution < -0.4 is 11.1 Å². The molecule has 0 aromatic carbocycles. The Kier molecular flexibility index (Phi) is 10.4. The van der Waals surface area contributed by atoms with Crippen LogP contribution in [0.1, 0.15) is 40.0 Å². The standard InChI is InChI=1S/C13H24N2O2.HO3P/c1-4-10(5-2)17-12-8-6-7-11(14)13(12)15-9(3)16;1-4(2)3/h6,8,10-13H,4-5,7,14H2,1-3H3,(H,15,16);(H-,1,2,3)/p+1/t11-,12+,13+;/m0./s1. The minimum atomic E-state index is -2.87. The molecule has 1 amide bonds. The second-order valence-corrected chi connectivity index (χ2v) is 5.35. The minimum absolute atomic E-state index is 0.0566. The van der Waals surface area contributed by atoms with E-state index in [1.54, 1.807) is 0 Å². The van der Waals surface area contributed by atoms with Gasteiger partial charge >= 0.3 is 8.25 Å². The summed E-state index contributed by atoms with van der Waals surface area (Å²) in [6.45, 7) is 5.72. The molecule has 0 fully saturated rings. The molecule has 1 aliphatic carbocycles. The predicted molar refractivity (Wildman–Crippen MR) is 80.6 cm³/mol. The summed E-state index contributed by atoms with van der Waals surface area (Å²) in [7, 11) is -2.87. The van der Waals surface area contributed by atoms with Gasteiger partial charge in [-0.1, -0.05) is 26.0 Å². The molecule has 0 aliphatic heterocycles. The Hall–Kier alpha value is -0.850. The largest absolute Gasteiger partial charge is 0.692 e. The fourth-order valence-electron chi connectivity index (χ4n) is 2.14. The monoisotopic (exact) mass is 321 g/mol. The molecule has 0 aromatic rings. The summed E-state index contributed by atoms with van der Waals surface area (Å²) in [6.07, 6.45) is 6.91. The zero-order chi connectivity index (χ0) is 16.4. The Morgan fingerprint density at radius 3 is 2.43 bits per heavy atom. The summed E-state index contributed by atoms with van der Waals surface area (Å²) in [6, 6.07) is -0.179. The minimum Gasteiger partial charge on any atom is -0.369 e. The van der Waals surface area contributed by atoms with Gasteiger partial charge < -0.3 is 15.8 Å². The second-order valence-electron chi connectivity index (χ2n) is 4.85. The van der Waals surface area contributed by atoms with Crippen molar-refractivity contribution in [2.45, 2.75) is 64.3 Å². The van der Waals surface area contributed by atoms with Gasteiger partial charge in [-0.05, 0) is 19.3 Å². The quantitative estimate of drug-likeness (QED) is 0.442. The second kappa shape index (κ2) is 10.8. The smallest absolute Gasteiger partial charge is 0.369 e. The molecule has 1 rings (SSSR count). The molecule has 7 nitrogen and oxygen atoms in total. The van der Waals surface area contributed by atoms with Gasteiger partial charge in [0.05, 0.1) is 18.2 Å². The van der Waals surface area contributed by atoms with Crippen LogP contribution in [0.4, 0.5) is 0 Å². The van der Waals surface area contributed by atoms with E-state index < -0.39 is 8.25 Å². The van der Waals surface area contributed by atoms with Crippen LogP contribution in [0.15, 0.2) is 12.2 Å². The van der Waals surface area contributed by atoms with Gasteiger partial charge in [0.1, 0.15) is 0 Å². The molecule has 0 aromatic heterocycles. The third-order valence-electron chi connectivity index (χ3n) is 3.18. The number of carbonyl (C=O) groups is 1. The van der Waals surface area contributed by atoms with E-state index in [1.165, 1.54) is 6.92 Å². The average molecular weight is 321 g/mol. The van der Waals surface area contributed by atoms with Gasteiger partial charge in [-0.25, -0.2) is 0 Å². The van der Waals surface area contributed by atoms with Crippen LogP contribution in [0.2, 0.25) is 0 Å². The van der Waals surface area contributed by atoms with Crippen molar-refractivity contribution in [1.82, 2.24) is 5.32 Å². The fraction of sp³-hybridized carbons (Fsp3) is 0.769. The van der Waals surface area contributed by atoms with Gasteiger partial charge in [-0.3, -0.25) is 4.79 Å². The highest BCUT2D eigenvalue weighted by atomic mass is 31.1. The molecular weight excluding hydrogens is 295 g/mol. The first-order valence-corrected chi connectivity index (χ1v) is 8.18. The molecule has 0 unspecified atom stereocenters. The number of carbonyl (C=O) groups excluding carboxylic acids is 1. The van der Waals surface area contributed by atoms with Crippen molar-refractivity contribution in [3.63, 3.8) is 0 Å². The maximum atomic E-state index is 11.2. The molecule has 0 radical (unpaired) electrons. The summed E-state index contributed by atoms with van der Waals surface area (Å²) in [5.41, 5.74) is 6.03. The Balaban J connectivity index is 0.000000885. The Labute approximate surface area is 126 Å². The van der Waals surface area contributed by atoms with Crippen LogP contribution in [0.5, 0.6) is 0 Å². The van der Waals surface area contributed by atoms with Crippen molar-refractivity contribution < 1.29 is 23.9 Å². The zero-order valence-corrected chi connectivity index (χ0v) is 13.6. The highest BCUT2D eigenvalue weighted by Gasteiger charge is 2.30. The molecule has 1 aliphatic rings. The van der Waals surface area contributed by atoms with E-state index in [-0.39, 0.29) is 30.2 Å². The van der Waals surface area contributed by atoms with Gasteiger partial charge in [-0.15, -0.1) is 9.79 Å². The Bertz CT molecular complexity index is 356. The first kappa shape index (κ1) is 20.1. The summed E-state index contributed by atoms with van der Waals surface area (Å²) < 4.78 is 14.7. The summed E-state index contributed by atoms with van der Waals surface area (Å²) in [5, 5.41) is 2.89. The molecule has 0 saturated carbocycles. The third kappa shape index (κ3) is 8.90. The maximum Gasteiger partial charge on any atom is 0.692 e. The van der Waals surface area contributed by atoms with E-state index in [1.807, 2.05) is 12.2 Å². The predicted octanol–water partition coefficient (Wildman–Crippen LogP) is 0.980. The molecule has 0 saturated heterocycles. The van der Waals surface area contributed by atoms with E-state index in [9.17, 15) is 4.79 Å². The highest BCUT2D eigenvalue weighted by molar-refractivity contribution is 7.30. The fourth-order valence-corrected chi connectivity index (χ4v) is 2.14. The molecule has 0 heterocycles. The number of rotatable bonds is 5. The van der Waals surface area contributed by atoms with Crippen LogP contribution in [-0.2, 0) is 14.1 Å². The van der Waals surface area contributed by atoms with E-state index in [0.717, 1.165) is 19.3 Å². The van der Waals surface area contributed by atoms with E-state index in [2.05, 4.69) is 19.2 Å². The van der Waals surface area contributed by atoms with Crippen molar-refractivity contribution in [3.05, 3.63) is 12.2 Å². The van der Waals surface area contributed by atoms with E-state index >= 15 is 0 Å². The van der Waals surface area contributed by atoms with E-state index in [0.29, 0.717) is 0 Å². The van der Waals surface area contributed by atoms with Gasteiger partial charge in [-0.2, -0.15) is 0 Å². The third-order valence-corrected chi connectivity index (χ3v) is 3.18. The van der Waals surface area contributed by atoms with E-state index in [4.69, 9.17) is 24.8 Å². The lowest BCUT2D eigenvalue weighted by Gasteiger charge is -2.35. The Morgan fingerprint density at radius 1 is 1.48 bits per heavy atom. The number of nitrogens with one attached hydrogen (secondary N) is 1. The van der Waals surface area contributed by atoms with Gasteiger partial charge in [0.2, 0.25) is 5.91 Å². The molecule has 0 spiro atoms. The van der Waals surface area contributed by atoms with Crippen molar-refractivity contribution in [2.75, 3.05) is 0 Å². The number of amides is 1. The van der Waals surface area contributed by atoms with Gasteiger partial charge in [0.15, 0.2) is 0 Å². The lowest BCUT2D eigenvalue weighted by Crippen LogP contribution is -2.55. The lowest BCUT2D eigenvalue weighted by molar-refractivity contribution is -0.121. The van der Waals surface area contributed by atoms with Crippen LogP contribution >= 0.6 is 8.25 Å². The van der Waals surface area contributed by atoms with Crippen LogP contribution in [-0.4, -0.2) is 40.0 Å². The summed E-state index contributed by atoms with van der Waals surface area (Å²) in [4.78, 5) is 25.4. The molecule has 122 valence electrons. The molecule has 8 heteroatoms.